The first-order valence-electron chi connectivity index (χ1n) is 30.5. The largest absolute Gasteiger partial charge is 0.496 e. The van der Waals surface area contributed by atoms with E-state index in [-0.39, 0.29) is 45.5 Å². The number of hydrogen-bond donors (Lipinski definition) is 6. The van der Waals surface area contributed by atoms with Crippen LogP contribution in [0.25, 0.3) is 0 Å². The van der Waals surface area contributed by atoms with E-state index >= 15 is 0 Å². The first kappa shape index (κ1) is 70.5. The Morgan fingerprint density at radius 1 is 0.303 bits per heavy atom. The minimum atomic E-state index is -0.732. The van der Waals surface area contributed by atoms with E-state index in [2.05, 4.69) is 191 Å². The zero-order chi connectivity index (χ0) is 66.4. The van der Waals surface area contributed by atoms with E-state index in [0.717, 1.165) is 94.8 Å². The Hall–Kier alpha value is -7.59. The van der Waals surface area contributed by atoms with Crippen molar-refractivity contribution in [1.29, 1.82) is 0 Å². The van der Waals surface area contributed by atoms with Crippen molar-refractivity contribution in [1.82, 2.24) is 16.4 Å². The highest BCUT2D eigenvalue weighted by atomic mass is 16.5. The number of ether oxygens (including phenoxy) is 6. The molecule has 6 N–H and O–H groups in total. The summed E-state index contributed by atoms with van der Waals surface area (Å²) in [5.74, 6) is 1.32. The molecule has 6 rings (SSSR count). The van der Waals surface area contributed by atoms with Crippen LogP contribution in [0.15, 0.2) is 84.9 Å². The Morgan fingerprint density at radius 2 is 0.528 bits per heavy atom. The normalized spacial score (nSPS) is 12.3. The van der Waals surface area contributed by atoms with Crippen molar-refractivity contribution in [2.24, 2.45) is 0 Å². The molecule has 0 heterocycles. The lowest BCUT2D eigenvalue weighted by atomic mass is 9.80. The van der Waals surface area contributed by atoms with Gasteiger partial charge in [-0.25, -0.2) is 16.4 Å². The fraction of sp³-hybridized carbons (Fsp3) is 0.473. The van der Waals surface area contributed by atoms with Gasteiger partial charge < -0.3 is 28.4 Å². The molecule has 0 saturated carbocycles. The average molecular weight is 1220 g/mol. The fourth-order valence-electron chi connectivity index (χ4n) is 10.9. The monoisotopic (exact) mass is 1220 g/mol. The first-order chi connectivity index (χ1) is 41.3. The van der Waals surface area contributed by atoms with Gasteiger partial charge in [0.1, 0.15) is 34.5 Å². The first-order valence-corrected chi connectivity index (χ1v) is 30.5. The molecule has 0 aromatic heterocycles. The molecule has 0 aliphatic rings. The molecular formula is C74H99N3O12. The lowest BCUT2D eigenvalue weighted by molar-refractivity contribution is -0.131. The lowest BCUT2D eigenvalue weighted by Crippen LogP contribution is -2.26. The van der Waals surface area contributed by atoms with Gasteiger partial charge in [0.25, 0.3) is 17.7 Å². The molecule has 6 aromatic rings. The van der Waals surface area contributed by atoms with E-state index in [9.17, 15) is 30.0 Å². The Bertz CT molecular complexity index is 3520. The van der Waals surface area contributed by atoms with Gasteiger partial charge in [0, 0.05) is 32.1 Å². The number of methoxy groups -OCH3 is 3. The summed E-state index contributed by atoms with van der Waals surface area (Å²) in [7, 11) is 4.99. The van der Waals surface area contributed by atoms with E-state index in [1.165, 1.54) is 0 Å². The molecule has 6 aromatic carbocycles. The van der Waals surface area contributed by atoms with Crippen LogP contribution in [-0.2, 0) is 79.0 Å². The van der Waals surface area contributed by atoms with Gasteiger partial charge in [0.15, 0.2) is 19.8 Å². The van der Waals surface area contributed by atoms with Crippen LogP contribution in [0.3, 0.4) is 0 Å². The molecule has 15 nitrogen and oxygen atoms in total. The summed E-state index contributed by atoms with van der Waals surface area (Å²) < 4.78 is 38.3. The van der Waals surface area contributed by atoms with E-state index in [0.29, 0.717) is 54.4 Å². The number of hydrogen-bond acceptors (Lipinski definition) is 12. The van der Waals surface area contributed by atoms with Gasteiger partial charge in [-0.05, 0) is 134 Å². The second kappa shape index (κ2) is 28.1. The van der Waals surface area contributed by atoms with Gasteiger partial charge in [-0.3, -0.25) is 30.0 Å². The zero-order valence-corrected chi connectivity index (χ0v) is 56.8. The molecular weight excluding hydrogens is 1120 g/mol. The average Bonchev–Trinajstić information content (AvgIpc) is 1.55. The summed E-state index contributed by atoms with van der Waals surface area (Å²) in [5.41, 5.74) is 18.2. The van der Waals surface area contributed by atoms with Gasteiger partial charge in [-0.2, -0.15) is 0 Å². The SMILES string of the molecule is COc1ccc(C(C)(C)C)cc1Cc1cc(C(C)(C)C)cc(Cc2cc(C(C)(C)C)cc(Cc3cc(C(C)(C)C)cc(Cc4cc(C(C)(C)C)cc(Cc5cc(C(C)(C)C)ccc5OCC(=O)NO)c4OC)c3OCC(=O)NO)c2OC)c1OCC(=O)NO. The standard InChI is InChI=1S/C74H99N3O12/c1-69(2,3)54-22-24-60(84-19)44(31-54)26-50-37-58(73(13,14)15)38-51(67(50)88-42-63(79)76-82)29-48-35-57(72(10,11)12)36-49(66(48)86-21)30-53-40-59(74(16,17)18)39-52(68(53)89-43-64(80)77-83)28-47-34-56(71(7,8)9)33-46(65(47)85-20)27-45-32-55(70(4,5)6)23-25-61(45)87-41-62(78)75-81/h22-25,31-40,81-83H,26-30,41-43H2,1-21H3,(H,75,78)(H,76,79)(H,77,80). The van der Waals surface area contributed by atoms with Crippen LogP contribution >= 0.6 is 0 Å². The van der Waals surface area contributed by atoms with Crippen molar-refractivity contribution in [3.05, 3.63) is 174 Å². The Kier molecular flexibility index (Phi) is 22.2. The molecule has 0 unspecified atom stereocenters. The maximum Gasteiger partial charge on any atom is 0.281 e. The van der Waals surface area contributed by atoms with Crippen LogP contribution in [-0.4, -0.2) is 74.5 Å². The van der Waals surface area contributed by atoms with Crippen molar-refractivity contribution in [2.45, 2.75) is 189 Å². The summed E-state index contributed by atoms with van der Waals surface area (Å²) in [6.07, 6.45) is 1.69. The molecule has 0 fully saturated rings. The quantitative estimate of drug-likeness (QED) is 0.0278. The third-order valence-electron chi connectivity index (χ3n) is 16.2. The number of carbonyl (C=O) groups is 3. The summed E-state index contributed by atoms with van der Waals surface area (Å²) in [6, 6.07) is 29.4. The minimum absolute atomic E-state index is 0.148. The van der Waals surface area contributed by atoms with Crippen LogP contribution in [0.5, 0.6) is 34.5 Å². The van der Waals surface area contributed by atoms with Crippen LogP contribution in [0.2, 0.25) is 0 Å². The number of amides is 3. The second-order valence-corrected chi connectivity index (χ2v) is 29.6. The fourth-order valence-corrected chi connectivity index (χ4v) is 10.9. The molecule has 0 bridgehead atoms. The van der Waals surface area contributed by atoms with Gasteiger partial charge in [-0.15, -0.1) is 0 Å². The zero-order valence-electron chi connectivity index (χ0n) is 56.8. The molecule has 89 heavy (non-hydrogen) atoms. The highest BCUT2D eigenvalue weighted by molar-refractivity contribution is 5.77. The van der Waals surface area contributed by atoms with E-state index < -0.39 is 30.9 Å². The van der Waals surface area contributed by atoms with Gasteiger partial charge in [-0.1, -0.05) is 197 Å². The van der Waals surface area contributed by atoms with Crippen molar-refractivity contribution in [3.8, 4) is 34.5 Å². The highest BCUT2D eigenvalue weighted by Gasteiger charge is 2.30. The van der Waals surface area contributed by atoms with Gasteiger partial charge in [0.05, 0.1) is 21.3 Å². The summed E-state index contributed by atoms with van der Waals surface area (Å²) in [5, 5.41) is 29.0. The molecule has 0 spiro atoms. The molecule has 0 radical (unpaired) electrons. The summed E-state index contributed by atoms with van der Waals surface area (Å²) in [4.78, 5) is 38.3. The molecule has 3 amide bonds. The summed E-state index contributed by atoms with van der Waals surface area (Å²) >= 11 is 0. The Balaban J connectivity index is 1.62. The molecule has 482 valence electrons. The van der Waals surface area contributed by atoms with Crippen molar-refractivity contribution < 1.29 is 58.4 Å². The predicted octanol–water partition coefficient (Wildman–Crippen LogP) is 14.1. The Labute approximate surface area is 529 Å². The molecule has 0 aliphatic carbocycles. The van der Waals surface area contributed by atoms with Crippen LogP contribution in [0, 0.1) is 0 Å². The second-order valence-electron chi connectivity index (χ2n) is 29.6. The molecule has 0 atom stereocenters. The number of carbonyl (C=O) groups excluding carboxylic acids is 3. The topological polar surface area (TPSA) is 203 Å². The molecule has 15 heteroatoms. The summed E-state index contributed by atoms with van der Waals surface area (Å²) in [6.45, 7) is 37.6. The van der Waals surface area contributed by atoms with Crippen LogP contribution in [0.1, 0.15) is 214 Å². The van der Waals surface area contributed by atoms with Gasteiger partial charge >= 0.3 is 0 Å². The highest BCUT2D eigenvalue weighted by Crippen LogP contribution is 2.44. The maximum absolute atomic E-state index is 13.1. The van der Waals surface area contributed by atoms with Gasteiger partial charge in [0.2, 0.25) is 0 Å². The number of nitrogens with one attached hydrogen (secondary N) is 3. The number of hydroxylamine groups is 3. The predicted molar refractivity (Wildman–Crippen MR) is 351 cm³/mol. The van der Waals surface area contributed by atoms with E-state index in [4.69, 9.17) is 28.4 Å². The lowest BCUT2D eigenvalue weighted by Gasteiger charge is -2.28. The van der Waals surface area contributed by atoms with Crippen molar-refractivity contribution >= 4 is 17.7 Å². The van der Waals surface area contributed by atoms with E-state index in [1.54, 1.807) is 37.8 Å². The number of benzene rings is 6. The maximum atomic E-state index is 13.1. The smallest absolute Gasteiger partial charge is 0.281 e. The molecule has 0 saturated heterocycles. The number of rotatable bonds is 22. The van der Waals surface area contributed by atoms with Crippen molar-refractivity contribution in [3.63, 3.8) is 0 Å². The van der Waals surface area contributed by atoms with Crippen LogP contribution in [0.4, 0.5) is 0 Å². The van der Waals surface area contributed by atoms with Crippen LogP contribution < -0.4 is 44.9 Å². The Morgan fingerprint density at radius 3 is 0.775 bits per heavy atom. The molecule has 0 aliphatic heterocycles. The third kappa shape index (κ3) is 18.1. The van der Waals surface area contributed by atoms with Crippen molar-refractivity contribution in [2.75, 3.05) is 41.2 Å². The van der Waals surface area contributed by atoms with E-state index in [1.807, 2.05) is 18.2 Å². The third-order valence-corrected chi connectivity index (χ3v) is 16.2. The minimum Gasteiger partial charge on any atom is -0.496 e.